The fraction of sp³-hybridized carbons (Fsp3) is 0.357. The summed E-state index contributed by atoms with van der Waals surface area (Å²) in [4.78, 5) is 37.8. The first-order valence-corrected chi connectivity index (χ1v) is 6.45. The first-order chi connectivity index (χ1) is 9.91. The van der Waals surface area contributed by atoms with Crippen LogP contribution >= 0.6 is 0 Å². The molecule has 1 heterocycles. The van der Waals surface area contributed by atoms with Crippen molar-refractivity contribution < 1.29 is 23.9 Å². The Hall–Kier alpha value is -2.57. The van der Waals surface area contributed by atoms with E-state index >= 15 is 0 Å². The van der Waals surface area contributed by atoms with Crippen molar-refractivity contribution in [3.63, 3.8) is 0 Å². The summed E-state index contributed by atoms with van der Waals surface area (Å²) in [7, 11) is 1.33. The van der Waals surface area contributed by atoms with Crippen molar-refractivity contribution in [3.8, 4) is 0 Å². The molecule has 0 bridgehead atoms. The van der Waals surface area contributed by atoms with Gasteiger partial charge in [0.05, 0.1) is 6.10 Å². The maximum atomic E-state index is 12.1. The number of hydrogen-bond donors (Lipinski definition) is 0. The van der Waals surface area contributed by atoms with E-state index in [9.17, 15) is 14.4 Å². The summed E-state index contributed by atoms with van der Waals surface area (Å²) in [5.41, 5.74) is 0.461. The normalized spacial score (nSPS) is 18.4. The van der Waals surface area contributed by atoms with E-state index in [1.807, 2.05) is 0 Å². The van der Waals surface area contributed by atoms with E-state index < -0.39 is 24.3 Å². The number of amides is 3. The van der Waals surface area contributed by atoms with Gasteiger partial charge in [-0.2, -0.15) is 0 Å². The molecule has 1 aliphatic rings. The maximum absolute atomic E-state index is 12.1. The predicted molar refractivity (Wildman–Crippen MR) is 73.6 cm³/mol. The number of hydrogen-bond acceptors (Lipinski definition) is 5. The van der Waals surface area contributed by atoms with Crippen molar-refractivity contribution in [1.29, 1.82) is 0 Å². The van der Waals surface area contributed by atoms with Crippen molar-refractivity contribution >= 4 is 23.8 Å². The number of ether oxygens (including phenoxy) is 2. The average molecular weight is 292 g/mol. The van der Waals surface area contributed by atoms with Crippen molar-refractivity contribution in [2.75, 3.05) is 11.9 Å². The summed E-state index contributed by atoms with van der Waals surface area (Å²) in [6, 6.07) is 7.94. The quantitative estimate of drug-likeness (QED) is 0.629. The highest BCUT2D eigenvalue weighted by Crippen LogP contribution is 2.25. The molecule has 2 rings (SSSR count). The summed E-state index contributed by atoms with van der Waals surface area (Å²) in [6.45, 7) is 3.31. The third-order valence-corrected chi connectivity index (χ3v) is 2.84. The predicted octanol–water partition coefficient (Wildman–Crippen LogP) is 1.97. The lowest BCUT2D eigenvalue weighted by molar-refractivity contribution is -0.134. The van der Waals surface area contributed by atoms with Crippen molar-refractivity contribution in [3.05, 3.63) is 30.3 Å². The molecule has 3 amide bonds. The van der Waals surface area contributed by atoms with Gasteiger partial charge < -0.3 is 9.47 Å². The monoisotopic (exact) mass is 292 g/mol. The Morgan fingerprint density at radius 3 is 2.38 bits per heavy atom. The fourth-order valence-corrected chi connectivity index (χ4v) is 1.88. The van der Waals surface area contributed by atoms with Crippen LogP contribution in [0.4, 0.5) is 15.3 Å². The van der Waals surface area contributed by atoms with Gasteiger partial charge in [-0.3, -0.25) is 9.69 Å². The zero-order chi connectivity index (χ0) is 15.6. The molecule has 112 valence electrons. The minimum absolute atomic E-state index is 0.382. The highest BCUT2D eigenvalue weighted by molar-refractivity contribution is 6.13. The maximum Gasteiger partial charge on any atom is 0.510 e. The highest BCUT2D eigenvalue weighted by Gasteiger charge is 2.47. The molecule has 0 N–H and O–H groups in total. The molecule has 1 aliphatic heterocycles. The zero-order valence-corrected chi connectivity index (χ0v) is 12.0. The van der Waals surface area contributed by atoms with Crippen molar-refractivity contribution in [1.82, 2.24) is 4.90 Å². The molecule has 7 heteroatoms. The minimum Gasteiger partial charge on any atom is -0.432 e. The van der Waals surface area contributed by atoms with E-state index in [2.05, 4.69) is 0 Å². The second kappa shape index (κ2) is 5.82. The molecule has 1 unspecified atom stereocenters. The molecule has 1 aromatic carbocycles. The summed E-state index contributed by atoms with van der Waals surface area (Å²) in [6.07, 6.45) is -2.73. The van der Waals surface area contributed by atoms with E-state index in [0.717, 1.165) is 9.80 Å². The van der Waals surface area contributed by atoms with Crippen LogP contribution in [0.25, 0.3) is 0 Å². The Balaban J connectivity index is 2.25. The highest BCUT2D eigenvalue weighted by atomic mass is 16.7. The van der Waals surface area contributed by atoms with Gasteiger partial charge in [0.2, 0.25) is 0 Å². The third kappa shape index (κ3) is 2.96. The van der Waals surface area contributed by atoms with Gasteiger partial charge in [0.15, 0.2) is 0 Å². The standard InChI is InChI=1S/C14H16N2O5/c1-9(2)20-14(19)21-12-11(17)15(3)13(18)16(12)10-7-5-4-6-8-10/h4-9,12H,1-3H3. The molecule has 1 atom stereocenters. The second-order valence-corrected chi connectivity index (χ2v) is 4.77. The first-order valence-electron chi connectivity index (χ1n) is 6.45. The molecule has 0 aromatic heterocycles. The largest absolute Gasteiger partial charge is 0.510 e. The molecular formula is C14H16N2O5. The number of urea groups is 1. The van der Waals surface area contributed by atoms with Crippen LogP contribution in [0, 0.1) is 0 Å². The SMILES string of the molecule is CC(C)OC(=O)OC1C(=O)N(C)C(=O)N1c1ccccc1. The Morgan fingerprint density at radius 2 is 1.81 bits per heavy atom. The van der Waals surface area contributed by atoms with E-state index in [1.165, 1.54) is 7.05 Å². The molecule has 0 aliphatic carbocycles. The van der Waals surface area contributed by atoms with E-state index in [4.69, 9.17) is 9.47 Å². The summed E-state index contributed by atoms with van der Waals surface area (Å²) >= 11 is 0. The minimum atomic E-state index is -1.35. The molecule has 1 fully saturated rings. The van der Waals surface area contributed by atoms with Crippen LogP contribution in [0.5, 0.6) is 0 Å². The van der Waals surface area contributed by atoms with Crippen LogP contribution in [-0.2, 0) is 14.3 Å². The van der Waals surface area contributed by atoms with Gasteiger partial charge in [-0.25, -0.2) is 14.5 Å². The van der Waals surface area contributed by atoms with Crippen LogP contribution < -0.4 is 4.90 Å². The van der Waals surface area contributed by atoms with Crippen LogP contribution in [0.15, 0.2) is 30.3 Å². The second-order valence-electron chi connectivity index (χ2n) is 4.77. The molecule has 1 saturated heterocycles. The number of carbonyl (C=O) groups excluding carboxylic acids is 3. The molecule has 7 nitrogen and oxygen atoms in total. The number of likely N-dealkylation sites (N-methyl/N-ethyl adjacent to an activating group) is 1. The summed E-state index contributed by atoms with van der Waals surface area (Å²) in [5, 5.41) is 0. The number of para-hydroxylation sites is 1. The Bertz CT molecular complexity index is 558. The van der Waals surface area contributed by atoms with Gasteiger partial charge in [0.25, 0.3) is 12.1 Å². The average Bonchev–Trinajstić information content (AvgIpc) is 2.64. The molecule has 0 spiro atoms. The lowest BCUT2D eigenvalue weighted by atomic mass is 10.3. The number of rotatable bonds is 3. The van der Waals surface area contributed by atoms with Gasteiger partial charge in [-0.1, -0.05) is 18.2 Å². The van der Waals surface area contributed by atoms with Crippen molar-refractivity contribution in [2.24, 2.45) is 0 Å². The summed E-state index contributed by atoms with van der Waals surface area (Å²) < 4.78 is 9.84. The first kappa shape index (κ1) is 14.8. The molecule has 0 saturated carbocycles. The Morgan fingerprint density at radius 1 is 1.19 bits per heavy atom. The van der Waals surface area contributed by atoms with Crippen molar-refractivity contribution in [2.45, 2.75) is 26.2 Å². The molecule has 0 radical (unpaired) electrons. The van der Waals surface area contributed by atoms with E-state index in [1.54, 1.807) is 44.2 Å². The smallest absolute Gasteiger partial charge is 0.432 e. The van der Waals surface area contributed by atoms with Crippen LogP contribution in [-0.4, -0.2) is 42.4 Å². The number of benzene rings is 1. The van der Waals surface area contributed by atoms with E-state index in [-0.39, 0.29) is 6.10 Å². The number of anilines is 1. The molecular weight excluding hydrogens is 276 g/mol. The topological polar surface area (TPSA) is 76.1 Å². The Kier molecular flexibility index (Phi) is 4.11. The van der Waals surface area contributed by atoms with Gasteiger partial charge in [-0.05, 0) is 26.0 Å². The van der Waals surface area contributed by atoms with Crippen LogP contribution in [0.3, 0.4) is 0 Å². The van der Waals surface area contributed by atoms with Gasteiger partial charge in [0.1, 0.15) is 0 Å². The van der Waals surface area contributed by atoms with Crippen LogP contribution in [0.2, 0.25) is 0 Å². The van der Waals surface area contributed by atoms with Gasteiger partial charge in [0, 0.05) is 12.7 Å². The summed E-state index contributed by atoms with van der Waals surface area (Å²) in [5.74, 6) is -0.621. The number of nitrogens with zero attached hydrogens (tertiary/aromatic N) is 2. The number of imide groups is 1. The molecule has 21 heavy (non-hydrogen) atoms. The van der Waals surface area contributed by atoms with Gasteiger partial charge >= 0.3 is 12.2 Å². The number of carbonyl (C=O) groups is 3. The zero-order valence-electron chi connectivity index (χ0n) is 12.0. The third-order valence-electron chi connectivity index (χ3n) is 2.84. The Labute approximate surface area is 122 Å². The molecule has 1 aromatic rings. The lowest BCUT2D eigenvalue weighted by Gasteiger charge is -2.21. The fourth-order valence-electron chi connectivity index (χ4n) is 1.88. The van der Waals surface area contributed by atoms with Crippen LogP contribution in [0.1, 0.15) is 13.8 Å². The van der Waals surface area contributed by atoms with E-state index in [0.29, 0.717) is 5.69 Å². The van der Waals surface area contributed by atoms with Gasteiger partial charge in [-0.15, -0.1) is 0 Å². The lowest BCUT2D eigenvalue weighted by Crippen LogP contribution is -2.39.